The molecule has 0 spiro atoms. The summed E-state index contributed by atoms with van der Waals surface area (Å²) in [7, 11) is 0. The van der Waals surface area contributed by atoms with Crippen LogP contribution in [0.1, 0.15) is 13.3 Å². The first-order chi connectivity index (χ1) is 9.64. The van der Waals surface area contributed by atoms with Crippen molar-refractivity contribution in [1.82, 2.24) is 0 Å². The van der Waals surface area contributed by atoms with Crippen molar-refractivity contribution >= 4 is 0 Å². The van der Waals surface area contributed by atoms with Gasteiger partial charge in [0.1, 0.15) is 6.10 Å². The third-order valence-electron chi connectivity index (χ3n) is 4.16. The van der Waals surface area contributed by atoms with Crippen LogP contribution in [0.3, 0.4) is 0 Å². The van der Waals surface area contributed by atoms with Gasteiger partial charge in [-0.15, -0.1) is 0 Å². The van der Waals surface area contributed by atoms with Gasteiger partial charge >= 0.3 is 0 Å². The molecular formula is C14H26O6. The van der Waals surface area contributed by atoms with Crippen LogP contribution in [0.5, 0.6) is 0 Å². The minimum Gasteiger partial charge on any atom is -0.396 e. The Balaban J connectivity index is 1.53. The molecule has 2 N–H and O–H groups in total. The third-order valence-corrected chi connectivity index (χ3v) is 4.16. The molecule has 0 bridgehead atoms. The molecule has 0 aromatic carbocycles. The van der Waals surface area contributed by atoms with Crippen LogP contribution in [0.4, 0.5) is 0 Å². The zero-order valence-electron chi connectivity index (χ0n) is 12.2. The summed E-state index contributed by atoms with van der Waals surface area (Å²) in [6, 6.07) is 0. The molecule has 0 amide bonds. The van der Waals surface area contributed by atoms with Gasteiger partial charge in [0.25, 0.3) is 0 Å². The topological polar surface area (TPSA) is 77.4 Å². The van der Waals surface area contributed by atoms with E-state index in [9.17, 15) is 10.2 Å². The van der Waals surface area contributed by atoms with E-state index in [1.54, 1.807) is 0 Å². The Bertz CT molecular complexity index is 248. The fraction of sp³-hybridized carbons (Fsp3) is 1.00. The molecule has 0 saturated carbocycles. The quantitative estimate of drug-likeness (QED) is 0.581. The summed E-state index contributed by atoms with van der Waals surface area (Å²) in [5, 5.41) is 19.0. The van der Waals surface area contributed by atoms with Crippen molar-refractivity contribution in [2.24, 2.45) is 10.8 Å². The second-order valence-electron chi connectivity index (χ2n) is 6.18. The van der Waals surface area contributed by atoms with Gasteiger partial charge < -0.3 is 29.2 Å². The van der Waals surface area contributed by atoms with Crippen LogP contribution >= 0.6 is 0 Å². The first-order valence-electron chi connectivity index (χ1n) is 7.24. The molecule has 2 fully saturated rings. The minimum atomic E-state index is -0.637. The fourth-order valence-corrected chi connectivity index (χ4v) is 2.26. The molecule has 2 aliphatic heterocycles. The maximum Gasteiger partial charge on any atom is 0.101 e. The van der Waals surface area contributed by atoms with Crippen molar-refractivity contribution in [2.45, 2.75) is 19.4 Å². The van der Waals surface area contributed by atoms with E-state index in [0.29, 0.717) is 26.4 Å². The van der Waals surface area contributed by atoms with E-state index in [2.05, 4.69) is 6.92 Å². The summed E-state index contributed by atoms with van der Waals surface area (Å²) in [6.45, 7) is 6.23. The van der Waals surface area contributed by atoms with Crippen molar-refractivity contribution in [1.29, 1.82) is 0 Å². The maximum atomic E-state index is 9.79. The Labute approximate surface area is 120 Å². The molecule has 0 aromatic heterocycles. The van der Waals surface area contributed by atoms with E-state index in [-0.39, 0.29) is 30.7 Å². The molecular weight excluding hydrogens is 264 g/mol. The number of hydrogen-bond donors (Lipinski definition) is 2. The second kappa shape index (κ2) is 7.15. The fourth-order valence-electron chi connectivity index (χ4n) is 2.26. The highest BCUT2D eigenvalue weighted by Gasteiger charge is 2.39. The molecule has 2 heterocycles. The van der Waals surface area contributed by atoms with Crippen LogP contribution in [0.2, 0.25) is 0 Å². The molecule has 6 nitrogen and oxygen atoms in total. The average Bonchev–Trinajstić information content (AvgIpc) is 2.36. The summed E-state index contributed by atoms with van der Waals surface area (Å²) >= 11 is 0. The van der Waals surface area contributed by atoms with E-state index in [4.69, 9.17) is 18.9 Å². The highest BCUT2D eigenvalue weighted by molar-refractivity contribution is 4.85. The highest BCUT2D eigenvalue weighted by atomic mass is 16.5. The second-order valence-corrected chi connectivity index (χ2v) is 6.18. The molecule has 2 rings (SSSR count). The van der Waals surface area contributed by atoms with Gasteiger partial charge in [0.05, 0.1) is 64.9 Å². The lowest BCUT2D eigenvalue weighted by Crippen LogP contribution is -2.49. The molecule has 0 radical (unpaired) electrons. The van der Waals surface area contributed by atoms with E-state index in [0.717, 1.165) is 19.6 Å². The van der Waals surface area contributed by atoms with Gasteiger partial charge in [-0.3, -0.25) is 0 Å². The van der Waals surface area contributed by atoms with E-state index in [1.807, 2.05) is 0 Å². The van der Waals surface area contributed by atoms with Gasteiger partial charge in [-0.25, -0.2) is 0 Å². The largest absolute Gasteiger partial charge is 0.396 e. The Morgan fingerprint density at radius 3 is 1.85 bits per heavy atom. The van der Waals surface area contributed by atoms with Crippen molar-refractivity contribution in [2.75, 3.05) is 59.5 Å². The normalized spacial score (nSPS) is 24.8. The number of rotatable bonds is 10. The Morgan fingerprint density at radius 1 is 1.00 bits per heavy atom. The van der Waals surface area contributed by atoms with Gasteiger partial charge in [0.2, 0.25) is 0 Å². The molecule has 0 aromatic rings. The van der Waals surface area contributed by atoms with Crippen molar-refractivity contribution in [3.05, 3.63) is 0 Å². The predicted molar refractivity (Wildman–Crippen MR) is 71.5 cm³/mol. The third kappa shape index (κ3) is 3.90. The Kier molecular flexibility index (Phi) is 5.77. The Morgan fingerprint density at radius 2 is 1.50 bits per heavy atom. The predicted octanol–water partition coefficient (Wildman–Crippen LogP) is -0.184. The molecule has 1 atom stereocenters. The lowest BCUT2D eigenvalue weighted by Gasteiger charge is -2.40. The molecule has 6 heteroatoms. The summed E-state index contributed by atoms with van der Waals surface area (Å²) in [6.07, 6.45) is 0.389. The van der Waals surface area contributed by atoms with Crippen molar-refractivity contribution < 1.29 is 29.2 Å². The van der Waals surface area contributed by atoms with Gasteiger partial charge in [-0.05, 0) is 6.42 Å². The average molecular weight is 290 g/mol. The van der Waals surface area contributed by atoms with E-state index in [1.165, 1.54) is 0 Å². The smallest absolute Gasteiger partial charge is 0.101 e. The van der Waals surface area contributed by atoms with Crippen LogP contribution in [0, 0.1) is 10.8 Å². The van der Waals surface area contributed by atoms with Gasteiger partial charge in [-0.1, -0.05) is 6.92 Å². The number of aliphatic hydroxyl groups is 2. The standard InChI is InChI=1S/C14H26O6/c1-2-13(7-19-8-13)6-17-3-12(16)4-18-9-14(5-15)10-20-11-14/h12,15-16H,2-11H2,1H3. The van der Waals surface area contributed by atoms with Crippen LogP contribution < -0.4 is 0 Å². The molecule has 2 aliphatic rings. The summed E-state index contributed by atoms with van der Waals surface area (Å²) in [5.41, 5.74) is -0.124. The van der Waals surface area contributed by atoms with Crippen molar-refractivity contribution in [3.8, 4) is 0 Å². The van der Waals surface area contributed by atoms with Gasteiger partial charge in [0.15, 0.2) is 0 Å². The maximum absolute atomic E-state index is 9.79. The number of hydrogen-bond acceptors (Lipinski definition) is 6. The van der Waals surface area contributed by atoms with E-state index < -0.39 is 6.10 Å². The Hall–Kier alpha value is -0.240. The number of aliphatic hydroxyl groups excluding tert-OH is 2. The molecule has 1 unspecified atom stereocenters. The zero-order valence-corrected chi connectivity index (χ0v) is 12.2. The number of ether oxygens (including phenoxy) is 4. The monoisotopic (exact) mass is 290 g/mol. The lowest BCUT2D eigenvalue weighted by atomic mass is 9.84. The first-order valence-corrected chi connectivity index (χ1v) is 7.24. The van der Waals surface area contributed by atoms with E-state index >= 15 is 0 Å². The summed E-state index contributed by atoms with van der Waals surface area (Å²) < 4.78 is 21.3. The van der Waals surface area contributed by atoms with Crippen LogP contribution in [-0.2, 0) is 18.9 Å². The first kappa shape index (κ1) is 16.1. The van der Waals surface area contributed by atoms with Gasteiger partial charge in [-0.2, -0.15) is 0 Å². The van der Waals surface area contributed by atoms with Gasteiger partial charge in [0, 0.05) is 5.41 Å². The summed E-state index contributed by atoms with van der Waals surface area (Å²) in [5.74, 6) is 0. The highest BCUT2D eigenvalue weighted by Crippen LogP contribution is 2.31. The van der Waals surface area contributed by atoms with Crippen LogP contribution in [-0.4, -0.2) is 75.8 Å². The molecule has 2 saturated heterocycles. The molecule has 118 valence electrons. The SMILES string of the molecule is CCC1(COCC(O)COCC2(CO)COC2)COC1. The zero-order chi connectivity index (χ0) is 14.5. The summed E-state index contributed by atoms with van der Waals surface area (Å²) in [4.78, 5) is 0. The lowest BCUT2D eigenvalue weighted by molar-refractivity contribution is -0.177. The van der Waals surface area contributed by atoms with Crippen LogP contribution in [0.15, 0.2) is 0 Å². The molecule has 0 aliphatic carbocycles. The molecule has 20 heavy (non-hydrogen) atoms. The van der Waals surface area contributed by atoms with Crippen LogP contribution in [0.25, 0.3) is 0 Å². The minimum absolute atomic E-state index is 0.0542. The van der Waals surface area contributed by atoms with Crippen molar-refractivity contribution in [3.63, 3.8) is 0 Å².